The zero-order valence-electron chi connectivity index (χ0n) is 9.93. The van der Waals surface area contributed by atoms with E-state index in [1.165, 1.54) is 5.56 Å². The third-order valence-electron chi connectivity index (χ3n) is 2.46. The smallest absolute Gasteiger partial charge is 0.129 e. The van der Waals surface area contributed by atoms with E-state index in [1.807, 2.05) is 7.05 Å². The molecule has 0 spiro atoms. The van der Waals surface area contributed by atoms with Crippen LogP contribution in [0, 0.1) is 0 Å². The van der Waals surface area contributed by atoms with Crippen molar-refractivity contribution in [1.82, 2.24) is 10.3 Å². The number of nitrogens with zero attached hydrogens (tertiary/aromatic N) is 1. The van der Waals surface area contributed by atoms with Gasteiger partial charge in [-0.3, -0.25) is 0 Å². The monoisotopic (exact) mass is 207 g/mol. The summed E-state index contributed by atoms with van der Waals surface area (Å²) in [5, 5.41) is 6.45. The molecule has 0 aliphatic rings. The predicted octanol–water partition coefficient (Wildman–Crippen LogP) is 1.84. The molecule has 3 nitrogen and oxygen atoms in total. The molecule has 3 heteroatoms. The Hall–Kier alpha value is -1.09. The maximum atomic E-state index is 4.58. The molecule has 0 aliphatic heterocycles. The standard InChI is InChI=1S/C12H21N3/c1-4-10-6-7-11(8-9-14-5-2)15-12(10)13-3/h6-7,14H,4-5,8-9H2,1-3H3,(H,13,15). The largest absolute Gasteiger partial charge is 0.373 e. The Morgan fingerprint density at radius 2 is 2.07 bits per heavy atom. The number of hydrogen-bond donors (Lipinski definition) is 2. The molecule has 84 valence electrons. The van der Waals surface area contributed by atoms with Crippen molar-refractivity contribution < 1.29 is 0 Å². The molecule has 0 saturated carbocycles. The topological polar surface area (TPSA) is 37.0 Å². The molecule has 1 aromatic heterocycles. The Kier molecular flexibility index (Phi) is 5.12. The van der Waals surface area contributed by atoms with Crippen LogP contribution >= 0.6 is 0 Å². The second-order valence-electron chi connectivity index (χ2n) is 3.52. The Labute approximate surface area is 92.3 Å². The zero-order valence-corrected chi connectivity index (χ0v) is 9.93. The van der Waals surface area contributed by atoms with Crippen LogP contribution in [-0.2, 0) is 12.8 Å². The van der Waals surface area contributed by atoms with Gasteiger partial charge >= 0.3 is 0 Å². The normalized spacial score (nSPS) is 10.3. The van der Waals surface area contributed by atoms with Crippen LogP contribution in [0.15, 0.2) is 12.1 Å². The predicted molar refractivity (Wildman–Crippen MR) is 65.4 cm³/mol. The molecule has 0 saturated heterocycles. The molecule has 0 atom stereocenters. The van der Waals surface area contributed by atoms with Crippen molar-refractivity contribution in [3.63, 3.8) is 0 Å². The average molecular weight is 207 g/mol. The maximum absolute atomic E-state index is 4.58. The molecule has 0 bridgehead atoms. The van der Waals surface area contributed by atoms with E-state index in [9.17, 15) is 0 Å². The number of hydrogen-bond acceptors (Lipinski definition) is 3. The first-order valence-electron chi connectivity index (χ1n) is 5.69. The van der Waals surface area contributed by atoms with Crippen molar-refractivity contribution in [2.45, 2.75) is 26.7 Å². The number of rotatable bonds is 6. The SMILES string of the molecule is CCNCCc1ccc(CC)c(NC)n1. The van der Waals surface area contributed by atoms with Gasteiger partial charge in [0.25, 0.3) is 0 Å². The zero-order chi connectivity index (χ0) is 11.1. The lowest BCUT2D eigenvalue weighted by molar-refractivity contribution is 0.708. The fourth-order valence-electron chi connectivity index (χ4n) is 1.56. The summed E-state index contributed by atoms with van der Waals surface area (Å²) in [4.78, 5) is 4.58. The molecule has 0 radical (unpaired) electrons. The van der Waals surface area contributed by atoms with Crippen molar-refractivity contribution in [2.75, 3.05) is 25.5 Å². The van der Waals surface area contributed by atoms with Crippen LogP contribution in [0.2, 0.25) is 0 Å². The lowest BCUT2D eigenvalue weighted by Gasteiger charge is -2.08. The van der Waals surface area contributed by atoms with E-state index in [4.69, 9.17) is 0 Å². The second-order valence-corrected chi connectivity index (χ2v) is 3.52. The van der Waals surface area contributed by atoms with Gasteiger partial charge in [0.05, 0.1) is 0 Å². The van der Waals surface area contributed by atoms with Gasteiger partial charge in [-0.25, -0.2) is 4.98 Å². The van der Waals surface area contributed by atoms with Gasteiger partial charge in [0.2, 0.25) is 0 Å². The first-order chi connectivity index (χ1) is 7.31. The third-order valence-corrected chi connectivity index (χ3v) is 2.46. The van der Waals surface area contributed by atoms with E-state index in [1.54, 1.807) is 0 Å². The van der Waals surface area contributed by atoms with E-state index in [2.05, 4.69) is 41.6 Å². The van der Waals surface area contributed by atoms with Gasteiger partial charge in [-0.15, -0.1) is 0 Å². The molecule has 0 fully saturated rings. The fourth-order valence-corrected chi connectivity index (χ4v) is 1.56. The van der Waals surface area contributed by atoms with Crippen molar-refractivity contribution in [3.8, 4) is 0 Å². The van der Waals surface area contributed by atoms with Crippen LogP contribution < -0.4 is 10.6 Å². The molecule has 1 aromatic rings. The Morgan fingerprint density at radius 1 is 1.27 bits per heavy atom. The summed E-state index contributed by atoms with van der Waals surface area (Å²) in [5.74, 6) is 1.02. The van der Waals surface area contributed by atoms with Crippen LogP contribution in [-0.4, -0.2) is 25.1 Å². The summed E-state index contributed by atoms with van der Waals surface area (Å²) in [7, 11) is 1.93. The highest BCUT2D eigenvalue weighted by molar-refractivity contribution is 5.44. The molecule has 1 rings (SSSR count). The first kappa shape index (κ1) is 12.0. The fraction of sp³-hybridized carbons (Fsp3) is 0.583. The quantitative estimate of drug-likeness (QED) is 0.699. The highest BCUT2D eigenvalue weighted by Gasteiger charge is 2.02. The van der Waals surface area contributed by atoms with E-state index >= 15 is 0 Å². The van der Waals surface area contributed by atoms with Crippen molar-refractivity contribution >= 4 is 5.82 Å². The summed E-state index contributed by atoms with van der Waals surface area (Å²) in [6.07, 6.45) is 2.02. The highest BCUT2D eigenvalue weighted by Crippen LogP contribution is 2.13. The van der Waals surface area contributed by atoms with Crippen LogP contribution in [0.3, 0.4) is 0 Å². The number of nitrogens with one attached hydrogen (secondary N) is 2. The van der Waals surface area contributed by atoms with Crippen LogP contribution in [0.1, 0.15) is 25.1 Å². The average Bonchev–Trinajstić information content (AvgIpc) is 2.29. The first-order valence-corrected chi connectivity index (χ1v) is 5.69. The van der Waals surface area contributed by atoms with E-state index < -0.39 is 0 Å². The molecule has 0 aromatic carbocycles. The Balaban J connectivity index is 2.66. The minimum absolute atomic E-state index is 0.993. The van der Waals surface area contributed by atoms with Crippen LogP contribution in [0.4, 0.5) is 5.82 Å². The van der Waals surface area contributed by atoms with Crippen LogP contribution in [0.5, 0.6) is 0 Å². The van der Waals surface area contributed by atoms with Gasteiger partial charge in [0, 0.05) is 25.7 Å². The van der Waals surface area contributed by atoms with Gasteiger partial charge < -0.3 is 10.6 Å². The van der Waals surface area contributed by atoms with E-state index in [0.717, 1.165) is 37.4 Å². The van der Waals surface area contributed by atoms with Crippen LogP contribution in [0.25, 0.3) is 0 Å². The van der Waals surface area contributed by atoms with Gasteiger partial charge in [-0.05, 0) is 24.6 Å². The lowest BCUT2D eigenvalue weighted by Crippen LogP contribution is -2.16. The van der Waals surface area contributed by atoms with Crippen molar-refractivity contribution in [3.05, 3.63) is 23.4 Å². The molecule has 0 unspecified atom stereocenters. The number of aromatic nitrogens is 1. The molecule has 0 amide bonds. The van der Waals surface area contributed by atoms with E-state index in [0.29, 0.717) is 0 Å². The molecule has 0 aliphatic carbocycles. The summed E-state index contributed by atoms with van der Waals surface area (Å²) in [5.41, 5.74) is 2.43. The van der Waals surface area contributed by atoms with E-state index in [-0.39, 0.29) is 0 Å². The number of likely N-dealkylation sites (N-methyl/N-ethyl adjacent to an activating group) is 1. The summed E-state index contributed by atoms with van der Waals surface area (Å²) < 4.78 is 0. The number of pyridine rings is 1. The molecular weight excluding hydrogens is 186 g/mol. The minimum atomic E-state index is 0.993. The number of aryl methyl sites for hydroxylation is 1. The Bertz CT molecular complexity index is 297. The van der Waals surface area contributed by atoms with Crippen molar-refractivity contribution in [2.24, 2.45) is 0 Å². The third kappa shape index (κ3) is 3.51. The molecule has 1 heterocycles. The van der Waals surface area contributed by atoms with Gasteiger partial charge in [-0.2, -0.15) is 0 Å². The lowest BCUT2D eigenvalue weighted by atomic mass is 10.1. The number of anilines is 1. The highest BCUT2D eigenvalue weighted by atomic mass is 15.0. The van der Waals surface area contributed by atoms with Gasteiger partial charge in [0.15, 0.2) is 0 Å². The summed E-state index contributed by atoms with van der Waals surface area (Å²) in [6.45, 7) is 6.28. The van der Waals surface area contributed by atoms with Gasteiger partial charge in [0.1, 0.15) is 5.82 Å². The minimum Gasteiger partial charge on any atom is -0.373 e. The Morgan fingerprint density at radius 3 is 2.67 bits per heavy atom. The summed E-state index contributed by atoms with van der Waals surface area (Å²) >= 11 is 0. The molecule has 2 N–H and O–H groups in total. The second kappa shape index (κ2) is 6.40. The molecule has 15 heavy (non-hydrogen) atoms. The van der Waals surface area contributed by atoms with Gasteiger partial charge in [-0.1, -0.05) is 19.9 Å². The summed E-state index contributed by atoms with van der Waals surface area (Å²) in [6, 6.07) is 4.29. The maximum Gasteiger partial charge on any atom is 0.129 e. The molecular formula is C12H21N3. The van der Waals surface area contributed by atoms with Crippen molar-refractivity contribution in [1.29, 1.82) is 0 Å².